The third-order valence-corrected chi connectivity index (χ3v) is 5.14. The summed E-state index contributed by atoms with van der Waals surface area (Å²) in [6.45, 7) is 6.96. The Bertz CT molecular complexity index is 586. The van der Waals surface area contributed by atoms with Crippen molar-refractivity contribution in [3.8, 4) is 11.5 Å². The van der Waals surface area contributed by atoms with Crippen LogP contribution in [0, 0.1) is 5.41 Å². The van der Waals surface area contributed by atoms with E-state index in [0.717, 1.165) is 24.6 Å². The van der Waals surface area contributed by atoms with Crippen molar-refractivity contribution in [2.45, 2.75) is 46.1 Å². The topological polar surface area (TPSA) is 75.1 Å². The summed E-state index contributed by atoms with van der Waals surface area (Å²) >= 11 is 0. The van der Waals surface area contributed by atoms with Gasteiger partial charge in [0, 0.05) is 13.1 Å². The van der Waals surface area contributed by atoms with E-state index < -0.39 is 0 Å². The van der Waals surface area contributed by atoms with Crippen molar-refractivity contribution in [1.29, 1.82) is 0 Å². The summed E-state index contributed by atoms with van der Waals surface area (Å²) in [6.07, 6.45) is 5.17. The number of rotatable bonds is 10. The van der Waals surface area contributed by atoms with E-state index in [9.17, 15) is 0 Å². The normalized spacial score (nSPS) is 15.3. The van der Waals surface area contributed by atoms with Crippen LogP contribution in [0.5, 0.6) is 11.5 Å². The van der Waals surface area contributed by atoms with E-state index in [0.29, 0.717) is 23.5 Å². The molecule has 1 aromatic rings. The minimum absolute atomic E-state index is 0. The number of ether oxygens (including phenoxy) is 2. The first-order valence-electron chi connectivity index (χ1n) is 9.59. The Hall–Kier alpha value is -1.22. The first kappa shape index (κ1) is 23.8. The van der Waals surface area contributed by atoms with Crippen LogP contribution >= 0.6 is 24.0 Å². The SMILES string of the molecule is CCNC(=NCc1ccc(OCCO)c(OC)c1)NCC1(CC)CCC1.I. The standard InChI is InChI=1S/C20H33N3O3.HI/c1-4-20(9-6-10-20)15-23-19(21-5-2)22-14-16-7-8-17(26-12-11-24)18(13-16)25-3;/h7-8,13,24H,4-6,9-12,14-15H2,1-3H3,(H2,21,22,23);1H. The highest BCUT2D eigenvalue weighted by Gasteiger charge is 2.34. The van der Waals surface area contributed by atoms with Gasteiger partial charge >= 0.3 is 0 Å². The Morgan fingerprint density at radius 3 is 2.56 bits per heavy atom. The van der Waals surface area contributed by atoms with E-state index in [-0.39, 0.29) is 37.2 Å². The number of aliphatic hydroxyl groups is 1. The van der Waals surface area contributed by atoms with Gasteiger partial charge in [0.25, 0.3) is 0 Å². The Morgan fingerprint density at radius 1 is 1.22 bits per heavy atom. The molecule has 3 N–H and O–H groups in total. The van der Waals surface area contributed by atoms with E-state index in [4.69, 9.17) is 19.6 Å². The van der Waals surface area contributed by atoms with Crippen molar-refractivity contribution >= 4 is 29.9 Å². The fourth-order valence-corrected chi connectivity index (χ4v) is 3.20. The molecule has 0 atom stereocenters. The van der Waals surface area contributed by atoms with Crippen molar-refractivity contribution in [3.05, 3.63) is 23.8 Å². The van der Waals surface area contributed by atoms with Gasteiger partial charge in [-0.25, -0.2) is 4.99 Å². The molecular formula is C20H34IN3O3. The van der Waals surface area contributed by atoms with Crippen LogP contribution in [0.3, 0.4) is 0 Å². The molecule has 1 aromatic carbocycles. The molecule has 0 saturated heterocycles. The summed E-state index contributed by atoms with van der Waals surface area (Å²) in [6, 6.07) is 5.77. The van der Waals surface area contributed by atoms with Crippen LogP contribution < -0.4 is 20.1 Å². The lowest BCUT2D eigenvalue weighted by Gasteiger charge is -2.41. The Labute approximate surface area is 180 Å². The van der Waals surface area contributed by atoms with Crippen LogP contribution in [0.15, 0.2) is 23.2 Å². The fraction of sp³-hybridized carbons (Fsp3) is 0.650. The van der Waals surface area contributed by atoms with E-state index in [1.54, 1.807) is 7.11 Å². The van der Waals surface area contributed by atoms with Gasteiger partial charge in [-0.3, -0.25) is 0 Å². The number of guanidine groups is 1. The molecular weight excluding hydrogens is 457 g/mol. The average Bonchev–Trinajstić information content (AvgIpc) is 2.64. The monoisotopic (exact) mass is 491 g/mol. The summed E-state index contributed by atoms with van der Waals surface area (Å²) in [5.41, 5.74) is 1.50. The number of benzene rings is 1. The predicted molar refractivity (Wildman–Crippen MR) is 120 cm³/mol. The fourth-order valence-electron chi connectivity index (χ4n) is 3.20. The molecule has 0 spiro atoms. The zero-order valence-electron chi connectivity index (χ0n) is 16.7. The van der Waals surface area contributed by atoms with Crippen LogP contribution in [-0.4, -0.2) is 44.5 Å². The first-order chi connectivity index (χ1) is 12.7. The molecule has 0 aromatic heterocycles. The molecule has 1 aliphatic rings. The molecule has 0 amide bonds. The van der Waals surface area contributed by atoms with Crippen molar-refractivity contribution in [3.63, 3.8) is 0 Å². The van der Waals surface area contributed by atoms with Gasteiger partial charge in [-0.2, -0.15) is 0 Å². The van der Waals surface area contributed by atoms with Crippen LogP contribution in [0.25, 0.3) is 0 Å². The lowest BCUT2D eigenvalue weighted by atomic mass is 9.67. The van der Waals surface area contributed by atoms with Crippen LogP contribution in [-0.2, 0) is 6.54 Å². The number of aliphatic imine (C=N–C) groups is 1. The summed E-state index contributed by atoms with van der Waals surface area (Å²) < 4.78 is 10.8. The molecule has 0 unspecified atom stereocenters. The van der Waals surface area contributed by atoms with Crippen LogP contribution in [0.4, 0.5) is 0 Å². The third kappa shape index (κ3) is 7.03. The molecule has 27 heavy (non-hydrogen) atoms. The predicted octanol–water partition coefficient (Wildman–Crippen LogP) is 3.32. The summed E-state index contributed by atoms with van der Waals surface area (Å²) in [7, 11) is 1.61. The number of nitrogens with one attached hydrogen (secondary N) is 2. The lowest BCUT2D eigenvalue weighted by molar-refractivity contribution is 0.131. The van der Waals surface area contributed by atoms with Crippen molar-refractivity contribution < 1.29 is 14.6 Å². The second-order valence-corrected chi connectivity index (χ2v) is 6.81. The van der Waals surface area contributed by atoms with E-state index in [1.165, 1.54) is 25.7 Å². The number of halogens is 1. The maximum atomic E-state index is 8.89. The number of aliphatic hydroxyl groups excluding tert-OH is 1. The quantitative estimate of drug-likeness (QED) is 0.266. The molecule has 0 aliphatic heterocycles. The molecule has 1 saturated carbocycles. The van der Waals surface area contributed by atoms with Gasteiger partial charge < -0.3 is 25.2 Å². The molecule has 0 bridgehead atoms. The second kappa shape index (κ2) is 12.3. The van der Waals surface area contributed by atoms with Gasteiger partial charge in [0.15, 0.2) is 17.5 Å². The van der Waals surface area contributed by atoms with Crippen molar-refractivity contribution in [2.24, 2.45) is 10.4 Å². The number of hydrogen-bond acceptors (Lipinski definition) is 4. The highest BCUT2D eigenvalue weighted by molar-refractivity contribution is 14.0. The lowest BCUT2D eigenvalue weighted by Crippen LogP contribution is -2.46. The average molecular weight is 491 g/mol. The zero-order valence-corrected chi connectivity index (χ0v) is 19.0. The molecule has 1 aliphatic carbocycles. The van der Waals surface area contributed by atoms with Gasteiger partial charge in [0.1, 0.15) is 6.61 Å². The Balaban J connectivity index is 0.00000364. The number of hydrogen-bond donors (Lipinski definition) is 3. The molecule has 154 valence electrons. The third-order valence-electron chi connectivity index (χ3n) is 5.14. The molecule has 0 radical (unpaired) electrons. The molecule has 6 nitrogen and oxygen atoms in total. The van der Waals surface area contributed by atoms with Crippen LogP contribution in [0.1, 0.15) is 45.1 Å². The first-order valence-corrected chi connectivity index (χ1v) is 9.59. The molecule has 0 heterocycles. The van der Waals surface area contributed by atoms with Crippen molar-refractivity contribution in [2.75, 3.05) is 33.4 Å². The largest absolute Gasteiger partial charge is 0.493 e. The molecule has 2 rings (SSSR count). The number of nitrogens with zero attached hydrogens (tertiary/aromatic N) is 1. The van der Waals surface area contributed by atoms with Gasteiger partial charge in [0.05, 0.1) is 20.3 Å². The van der Waals surface area contributed by atoms with Gasteiger partial charge in [-0.05, 0) is 49.3 Å². The Morgan fingerprint density at radius 2 is 2.00 bits per heavy atom. The highest BCUT2D eigenvalue weighted by atomic mass is 127. The van der Waals surface area contributed by atoms with Crippen LogP contribution in [0.2, 0.25) is 0 Å². The van der Waals surface area contributed by atoms with Gasteiger partial charge in [-0.1, -0.05) is 19.4 Å². The molecule has 1 fully saturated rings. The van der Waals surface area contributed by atoms with E-state index in [1.807, 2.05) is 18.2 Å². The maximum absolute atomic E-state index is 8.89. The summed E-state index contributed by atoms with van der Waals surface area (Å²) in [5, 5.41) is 15.7. The van der Waals surface area contributed by atoms with E-state index >= 15 is 0 Å². The Kier molecular flexibility index (Phi) is 10.8. The maximum Gasteiger partial charge on any atom is 0.191 e. The summed E-state index contributed by atoms with van der Waals surface area (Å²) in [4.78, 5) is 4.70. The van der Waals surface area contributed by atoms with E-state index in [2.05, 4.69) is 24.5 Å². The van der Waals surface area contributed by atoms with Gasteiger partial charge in [-0.15, -0.1) is 24.0 Å². The smallest absolute Gasteiger partial charge is 0.191 e. The second-order valence-electron chi connectivity index (χ2n) is 6.81. The molecule has 7 heteroatoms. The minimum Gasteiger partial charge on any atom is -0.493 e. The van der Waals surface area contributed by atoms with Crippen molar-refractivity contribution in [1.82, 2.24) is 10.6 Å². The summed E-state index contributed by atoms with van der Waals surface area (Å²) in [5.74, 6) is 2.14. The minimum atomic E-state index is -0.0217. The highest BCUT2D eigenvalue weighted by Crippen LogP contribution is 2.43. The number of methoxy groups -OCH3 is 1. The van der Waals surface area contributed by atoms with Gasteiger partial charge in [0.2, 0.25) is 0 Å². The zero-order chi connectivity index (χ0) is 18.8.